The average molecular weight is 293 g/mol. The number of nitrogen functional groups attached to an aromatic ring is 1. The summed E-state index contributed by atoms with van der Waals surface area (Å²) in [6.07, 6.45) is 0. The second kappa shape index (κ2) is 7.03. The van der Waals surface area contributed by atoms with Gasteiger partial charge < -0.3 is 5.73 Å². The number of rotatable bonds is 0. The number of hydrogen-bond donors (Lipinski definition) is 1. The van der Waals surface area contributed by atoms with Crippen molar-refractivity contribution in [2.24, 2.45) is 0 Å². The Kier molecular flexibility index (Phi) is 4.44. The van der Waals surface area contributed by atoms with Gasteiger partial charge in [-0.3, -0.25) is 0 Å². The smallest absolute Gasteiger partial charge is 0.0478 e. The molecule has 0 aliphatic heterocycles. The summed E-state index contributed by atoms with van der Waals surface area (Å²) in [5.41, 5.74) is 10.4. The van der Waals surface area contributed by atoms with Crippen molar-refractivity contribution in [2.75, 3.05) is 5.73 Å². The molecule has 0 radical (unpaired) electrons. The van der Waals surface area contributed by atoms with E-state index in [2.05, 4.69) is 23.7 Å². The van der Waals surface area contributed by atoms with E-state index in [1.807, 2.05) is 78.9 Å². The van der Waals surface area contributed by atoms with Gasteiger partial charge in [-0.1, -0.05) is 54.0 Å². The lowest BCUT2D eigenvalue weighted by atomic mass is 10.1. The molecule has 0 aliphatic carbocycles. The molecule has 0 amide bonds. The highest BCUT2D eigenvalue weighted by Gasteiger charge is 1.92. The Hall–Kier alpha value is -3.42. The first-order chi connectivity index (χ1) is 11.3. The Morgan fingerprint density at radius 2 is 0.957 bits per heavy atom. The molecule has 0 saturated heterocycles. The average Bonchev–Trinajstić information content (AvgIpc) is 2.61. The van der Waals surface area contributed by atoms with Gasteiger partial charge in [0.2, 0.25) is 0 Å². The Morgan fingerprint density at radius 3 is 1.57 bits per heavy atom. The monoisotopic (exact) mass is 293 g/mol. The number of benzene rings is 3. The maximum absolute atomic E-state index is 5.88. The molecule has 0 atom stereocenters. The molecule has 0 aliphatic rings. The van der Waals surface area contributed by atoms with Gasteiger partial charge in [-0.2, -0.15) is 0 Å². The molecule has 108 valence electrons. The summed E-state index contributed by atoms with van der Waals surface area (Å²) < 4.78 is 0. The summed E-state index contributed by atoms with van der Waals surface area (Å²) in [6, 6.07) is 25.5. The molecule has 23 heavy (non-hydrogen) atoms. The summed E-state index contributed by atoms with van der Waals surface area (Å²) >= 11 is 0. The van der Waals surface area contributed by atoms with Crippen molar-refractivity contribution in [1.29, 1.82) is 0 Å². The standard InChI is InChI=1S/C22H15N/c23-22-9-5-4-8-21(22)17-16-20-14-12-19(13-15-20)11-10-18-6-2-1-3-7-18/h1-9,12-15H,23H2. The minimum Gasteiger partial charge on any atom is -0.398 e. The van der Waals surface area contributed by atoms with Crippen LogP contribution in [0, 0.1) is 23.7 Å². The molecule has 0 spiro atoms. The first kappa shape index (κ1) is 14.5. The van der Waals surface area contributed by atoms with Gasteiger partial charge in [0.25, 0.3) is 0 Å². The molecule has 3 aromatic rings. The predicted octanol–water partition coefficient (Wildman–Crippen LogP) is 4.07. The maximum Gasteiger partial charge on any atom is 0.0478 e. The molecule has 0 aromatic heterocycles. The fourth-order valence-electron chi connectivity index (χ4n) is 2.05. The van der Waals surface area contributed by atoms with Crippen LogP contribution in [0.25, 0.3) is 0 Å². The molecule has 0 bridgehead atoms. The summed E-state index contributed by atoms with van der Waals surface area (Å²) in [6.45, 7) is 0. The number of anilines is 1. The van der Waals surface area contributed by atoms with E-state index < -0.39 is 0 Å². The molecule has 0 fully saturated rings. The van der Waals surface area contributed by atoms with Crippen LogP contribution in [0.2, 0.25) is 0 Å². The van der Waals surface area contributed by atoms with E-state index in [-0.39, 0.29) is 0 Å². The third-order valence-corrected chi connectivity index (χ3v) is 3.31. The Morgan fingerprint density at radius 1 is 0.478 bits per heavy atom. The lowest BCUT2D eigenvalue weighted by Gasteiger charge is -1.95. The van der Waals surface area contributed by atoms with Gasteiger partial charge in [-0.15, -0.1) is 0 Å². The van der Waals surface area contributed by atoms with Gasteiger partial charge in [0.05, 0.1) is 0 Å². The van der Waals surface area contributed by atoms with Crippen LogP contribution in [0.5, 0.6) is 0 Å². The van der Waals surface area contributed by atoms with Gasteiger partial charge >= 0.3 is 0 Å². The van der Waals surface area contributed by atoms with Crippen LogP contribution in [0.1, 0.15) is 22.3 Å². The highest BCUT2D eigenvalue weighted by Crippen LogP contribution is 2.09. The largest absolute Gasteiger partial charge is 0.398 e. The second-order valence-electron chi connectivity index (χ2n) is 5.03. The minimum atomic E-state index is 0.699. The van der Waals surface area contributed by atoms with Crippen molar-refractivity contribution in [2.45, 2.75) is 0 Å². The zero-order valence-corrected chi connectivity index (χ0v) is 12.6. The number of nitrogens with two attached hydrogens (primary N) is 1. The highest BCUT2D eigenvalue weighted by atomic mass is 14.5. The maximum atomic E-state index is 5.88. The van der Waals surface area contributed by atoms with E-state index in [9.17, 15) is 0 Å². The predicted molar refractivity (Wildman–Crippen MR) is 95.7 cm³/mol. The quantitative estimate of drug-likeness (QED) is 0.491. The van der Waals surface area contributed by atoms with Crippen molar-refractivity contribution in [1.82, 2.24) is 0 Å². The summed E-state index contributed by atoms with van der Waals surface area (Å²) in [5.74, 6) is 12.5. The Bertz CT molecular complexity index is 915. The lowest BCUT2D eigenvalue weighted by Crippen LogP contribution is -1.88. The van der Waals surface area contributed by atoms with Crippen molar-refractivity contribution < 1.29 is 0 Å². The van der Waals surface area contributed by atoms with Crippen LogP contribution >= 0.6 is 0 Å². The first-order valence-corrected chi connectivity index (χ1v) is 7.35. The SMILES string of the molecule is Nc1ccccc1C#Cc1ccc(C#Cc2ccccc2)cc1. The lowest BCUT2D eigenvalue weighted by molar-refractivity contribution is 1.58. The molecule has 3 aromatic carbocycles. The summed E-state index contributed by atoms with van der Waals surface area (Å²) in [5, 5.41) is 0. The van der Waals surface area contributed by atoms with E-state index >= 15 is 0 Å². The number of para-hydroxylation sites is 1. The van der Waals surface area contributed by atoms with E-state index in [0.29, 0.717) is 5.69 Å². The van der Waals surface area contributed by atoms with E-state index in [0.717, 1.165) is 22.3 Å². The topological polar surface area (TPSA) is 26.0 Å². The van der Waals surface area contributed by atoms with E-state index in [1.165, 1.54) is 0 Å². The minimum absolute atomic E-state index is 0.699. The Labute approximate surface area is 136 Å². The van der Waals surface area contributed by atoms with Crippen LogP contribution in [-0.2, 0) is 0 Å². The van der Waals surface area contributed by atoms with Gasteiger partial charge in [0.1, 0.15) is 0 Å². The molecule has 1 heteroatoms. The molecule has 0 heterocycles. The van der Waals surface area contributed by atoms with Gasteiger partial charge in [-0.25, -0.2) is 0 Å². The fraction of sp³-hybridized carbons (Fsp3) is 0. The molecule has 0 saturated carbocycles. The highest BCUT2D eigenvalue weighted by molar-refractivity contribution is 5.57. The normalized spacial score (nSPS) is 9.22. The Balaban J connectivity index is 1.76. The van der Waals surface area contributed by atoms with Crippen molar-refractivity contribution >= 4 is 5.69 Å². The summed E-state index contributed by atoms with van der Waals surface area (Å²) in [7, 11) is 0. The van der Waals surface area contributed by atoms with E-state index in [4.69, 9.17) is 5.73 Å². The third kappa shape index (κ3) is 4.03. The van der Waals surface area contributed by atoms with Crippen LogP contribution in [0.4, 0.5) is 5.69 Å². The number of hydrogen-bond acceptors (Lipinski definition) is 1. The second-order valence-corrected chi connectivity index (χ2v) is 5.03. The van der Waals surface area contributed by atoms with Crippen molar-refractivity contribution in [3.8, 4) is 23.7 Å². The molecule has 1 nitrogen and oxygen atoms in total. The molecule has 0 unspecified atom stereocenters. The molecule has 2 N–H and O–H groups in total. The van der Waals surface area contributed by atoms with E-state index in [1.54, 1.807) is 0 Å². The summed E-state index contributed by atoms with van der Waals surface area (Å²) in [4.78, 5) is 0. The van der Waals surface area contributed by atoms with Crippen molar-refractivity contribution in [3.63, 3.8) is 0 Å². The van der Waals surface area contributed by atoms with Gasteiger partial charge in [0, 0.05) is 27.9 Å². The van der Waals surface area contributed by atoms with Crippen LogP contribution in [0.3, 0.4) is 0 Å². The van der Waals surface area contributed by atoms with Crippen molar-refractivity contribution in [3.05, 3.63) is 101 Å². The molecular weight excluding hydrogens is 278 g/mol. The van der Waals surface area contributed by atoms with Gasteiger partial charge in [-0.05, 0) is 48.5 Å². The van der Waals surface area contributed by atoms with Crippen LogP contribution < -0.4 is 5.73 Å². The fourth-order valence-corrected chi connectivity index (χ4v) is 2.05. The van der Waals surface area contributed by atoms with Gasteiger partial charge in [0.15, 0.2) is 0 Å². The van der Waals surface area contributed by atoms with Crippen LogP contribution in [-0.4, -0.2) is 0 Å². The third-order valence-electron chi connectivity index (χ3n) is 3.31. The molecular formula is C22H15N. The van der Waals surface area contributed by atoms with Crippen LogP contribution in [0.15, 0.2) is 78.9 Å². The first-order valence-electron chi connectivity index (χ1n) is 7.35. The molecule has 3 rings (SSSR count). The zero-order valence-electron chi connectivity index (χ0n) is 12.6. The zero-order chi connectivity index (χ0) is 15.9.